The van der Waals surface area contributed by atoms with Gasteiger partial charge in [-0.2, -0.15) is 0 Å². The summed E-state index contributed by atoms with van der Waals surface area (Å²) in [6, 6.07) is 12.4. The molecular weight excluding hydrogens is 507 g/mol. The van der Waals surface area contributed by atoms with Crippen LogP contribution in [0, 0.1) is 0 Å². The number of rotatable bonds is 6. The molecule has 1 aromatic heterocycles. The Morgan fingerprint density at radius 1 is 1.06 bits per heavy atom. The Hall–Kier alpha value is -2.81. The number of Topliss-reactive ketones (excluding diaryl/α,β-unsaturated/α-hetero) is 1. The lowest BCUT2D eigenvalue weighted by Crippen LogP contribution is -2.59. The Morgan fingerprint density at radius 3 is 2.54 bits per heavy atom. The number of carbonyl (C=O) groups is 2. The SMILES string of the molecule is CC1[C@H](C)N(C(=O)c2ccc(S(=O)CC(=O)c3cnccn3)c(Cl)c2)CCN1c1cccc(Cl)c1. The summed E-state index contributed by atoms with van der Waals surface area (Å²) in [7, 11) is -1.68. The number of hydrogen-bond acceptors (Lipinski definition) is 6. The highest BCUT2D eigenvalue weighted by atomic mass is 35.5. The topological polar surface area (TPSA) is 83.5 Å². The molecule has 3 atom stereocenters. The number of carbonyl (C=O) groups excluding carboxylic acids is 2. The monoisotopic (exact) mass is 530 g/mol. The molecule has 2 unspecified atom stereocenters. The molecule has 0 radical (unpaired) electrons. The molecule has 0 N–H and O–H groups in total. The van der Waals surface area contributed by atoms with Gasteiger partial charge in [0.15, 0.2) is 5.78 Å². The summed E-state index contributed by atoms with van der Waals surface area (Å²) < 4.78 is 12.8. The highest BCUT2D eigenvalue weighted by Gasteiger charge is 2.34. The predicted octanol–water partition coefficient (Wildman–Crippen LogP) is 4.51. The van der Waals surface area contributed by atoms with E-state index in [0.29, 0.717) is 28.6 Å². The third-order valence-electron chi connectivity index (χ3n) is 6.20. The van der Waals surface area contributed by atoms with Crippen LogP contribution in [0.2, 0.25) is 10.0 Å². The van der Waals surface area contributed by atoms with Gasteiger partial charge in [0.05, 0.1) is 32.7 Å². The Labute approximate surface area is 216 Å². The normalized spacial score (nSPS) is 18.9. The minimum absolute atomic E-state index is 0.0626. The summed E-state index contributed by atoms with van der Waals surface area (Å²) in [6.07, 6.45) is 4.19. The number of halogens is 2. The number of aromatic nitrogens is 2. The number of anilines is 1. The Bertz CT molecular complexity index is 1270. The second kappa shape index (κ2) is 10.8. The van der Waals surface area contributed by atoms with Gasteiger partial charge in [-0.25, -0.2) is 4.98 Å². The van der Waals surface area contributed by atoms with Crippen molar-refractivity contribution in [2.75, 3.05) is 23.7 Å². The van der Waals surface area contributed by atoms with Gasteiger partial charge in [-0.15, -0.1) is 0 Å². The molecule has 1 amide bonds. The van der Waals surface area contributed by atoms with Crippen molar-refractivity contribution in [3.05, 3.63) is 82.4 Å². The third-order valence-corrected chi connectivity index (χ3v) is 8.23. The minimum Gasteiger partial charge on any atom is -0.365 e. The van der Waals surface area contributed by atoms with Gasteiger partial charge in [-0.1, -0.05) is 29.3 Å². The van der Waals surface area contributed by atoms with Gasteiger partial charge in [-0.3, -0.25) is 18.8 Å². The van der Waals surface area contributed by atoms with E-state index >= 15 is 0 Å². The lowest BCUT2D eigenvalue weighted by Gasteiger charge is -2.46. The van der Waals surface area contributed by atoms with Gasteiger partial charge in [-0.05, 0) is 50.2 Å². The van der Waals surface area contributed by atoms with E-state index in [1.165, 1.54) is 24.7 Å². The van der Waals surface area contributed by atoms with Crippen LogP contribution in [0.5, 0.6) is 0 Å². The second-order valence-electron chi connectivity index (χ2n) is 8.30. The quantitative estimate of drug-likeness (QED) is 0.436. The zero-order chi connectivity index (χ0) is 25.1. The molecule has 1 fully saturated rings. The van der Waals surface area contributed by atoms with Crippen molar-refractivity contribution in [2.24, 2.45) is 0 Å². The van der Waals surface area contributed by atoms with E-state index < -0.39 is 16.6 Å². The first-order valence-electron chi connectivity index (χ1n) is 11.1. The lowest BCUT2D eigenvalue weighted by atomic mass is 10.0. The van der Waals surface area contributed by atoms with Gasteiger partial charge in [0.1, 0.15) is 5.69 Å². The fourth-order valence-electron chi connectivity index (χ4n) is 4.15. The van der Waals surface area contributed by atoms with Crippen LogP contribution in [-0.4, -0.2) is 61.7 Å². The van der Waals surface area contributed by atoms with Crippen LogP contribution in [0.4, 0.5) is 5.69 Å². The molecule has 1 aliphatic rings. The fourth-order valence-corrected chi connectivity index (χ4v) is 5.81. The molecule has 2 heterocycles. The number of amides is 1. The molecular formula is C25H24Cl2N4O3S. The molecule has 182 valence electrons. The predicted molar refractivity (Wildman–Crippen MR) is 138 cm³/mol. The van der Waals surface area contributed by atoms with Gasteiger partial charge in [0.25, 0.3) is 5.91 Å². The summed E-state index contributed by atoms with van der Waals surface area (Å²) in [5, 5.41) is 0.853. The van der Waals surface area contributed by atoms with Gasteiger partial charge in [0.2, 0.25) is 0 Å². The largest absolute Gasteiger partial charge is 0.365 e. The van der Waals surface area contributed by atoms with Crippen LogP contribution in [0.25, 0.3) is 0 Å². The van der Waals surface area contributed by atoms with Crippen molar-refractivity contribution >= 4 is 51.4 Å². The summed E-state index contributed by atoms with van der Waals surface area (Å²) in [5.41, 5.74) is 1.57. The maximum atomic E-state index is 13.3. The van der Waals surface area contributed by atoms with E-state index in [1.54, 1.807) is 12.1 Å². The van der Waals surface area contributed by atoms with E-state index in [4.69, 9.17) is 23.2 Å². The van der Waals surface area contributed by atoms with E-state index in [9.17, 15) is 13.8 Å². The number of benzene rings is 2. The van der Waals surface area contributed by atoms with Gasteiger partial charge >= 0.3 is 0 Å². The lowest BCUT2D eigenvalue weighted by molar-refractivity contribution is 0.0634. The molecule has 0 spiro atoms. The van der Waals surface area contributed by atoms with Crippen molar-refractivity contribution in [3.8, 4) is 0 Å². The Balaban J connectivity index is 1.46. The van der Waals surface area contributed by atoms with Crippen LogP contribution in [-0.2, 0) is 10.8 Å². The van der Waals surface area contributed by atoms with Crippen molar-refractivity contribution in [1.82, 2.24) is 14.9 Å². The zero-order valence-corrected chi connectivity index (χ0v) is 21.6. The molecule has 1 aliphatic heterocycles. The molecule has 0 aliphatic carbocycles. The highest BCUT2D eigenvalue weighted by molar-refractivity contribution is 7.86. The van der Waals surface area contributed by atoms with E-state index in [0.717, 1.165) is 5.69 Å². The van der Waals surface area contributed by atoms with Crippen LogP contribution in [0.15, 0.2) is 66.0 Å². The van der Waals surface area contributed by atoms with E-state index in [-0.39, 0.29) is 34.5 Å². The number of piperazine rings is 1. The first-order valence-corrected chi connectivity index (χ1v) is 13.1. The first-order chi connectivity index (χ1) is 16.8. The van der Waals surface area contributed by atoms with Crippen molar-refractivity contribution in [2.45, 2.75) is 30.8 Å². The summed E-state index contributed by atoms with van der Waals surface area (Å²) in [4.78, 5) is 37.8. The smallest absolute Gasteiger partial charge is 0.254 e. The molecule has 10 heteroatoms. The van der Waals surface area contributed by atoms with Crippen LogP contribution >= 0.6 is 23.2 Å². The second-order valence-corrected chi connectivity index (χ2v) is 10.6. The van der Waals surface area contributed by atoms with Crippen molar-refractivity contribution in [3.63, 3.8) is 0 Å². The fraction of sp³-hybridized carbons (Fsp3) is 0.280. The minimum atomic E-state index is -1.68. The Kier molecular flexibility index (Phi) is 7.84. The zero-order valence-electron chi connectivity index (χ0n) is 19.2. The maximum absolute atomic E-state index is 13.3. The average molecular weight is 531 g/mol. The van der Waals surface area contributed by atoms with Crippen molar-refractivity contribution < 1.29 is 13.8 Å². The molecule has 2 aromatic carbocycles. The van der Waals surface area contributed by atoms with E-state index in [1.807, 2.05) is 36.1 Å². The van der Waals surface area contributed by atoms with Gasteiger partial charge in [0, 0.05) is 53.8 Å². The van der Waals surface area contributed by atoms with E-state index in [2.05, 4.69) is 21.8 Å². The highest BCUT2D eigenvalue weighted by Crippen LogP contribution is 2.29. The summed E-state index contributed by atoms with van der Waals surface area (Å²) in [5.74, 6) is -0.816. The van der Waals surface area contributed by atoms with Crippen LogP contribution in [0.1, 0.15) is 34.7 Å². The molecule has 35 heavy (non-hydrogen) atoms. The Morgan fingerprint density at radius 2 is 1.86 bits per heavy atom. The average Bonchev–Trinajstić information content (AvgIpc) is 2.85. The first kappa shape index (κ1) is 25.3. The maximum Gasteiger partial charge on any atom is 0.254 e. The van der Waals surface area contributed by atoms with Crippen molar-refractivity contribution in [1.29, 1.82) is 0 Å². The molecule has 0 saturated carbocycles. The molecule has 1 saturated heterocycles. The molecule has 3 aromatic rings. The van der Waals surface area contributed by atoms with Crippen LogP contribution in [0.3, 0.4) is 0 Å². The third kappa shape index (κ3) is 5.55. The number of nitrogens with zero attached hydrogens (tertiary/aromatic N) is 4. The molecule has 7 nitrogen and oxygen atoms in total. The molecule has 4 rings (SSSR count). The molecule has 0 bridgehead atoms. The summed E-state index contributed by atoms with van der Waals surface area (Å²) in [6.45, 7) is 5.30. The number of ketones is 1. The summed E-state index contributed by atoms with van der Waals surface area (Å²) >= 11 is 12.6. The van der Waals surface area contributed by atoms with Gasteiger partial charge < -0.3 is 9.80 Å². The van der Waals surface area contributed by atoms with Crippen LogP contribution < -0.4 is 4.90 Å². The number of hydrogen-bond donors (Lipinski definition) is 0. The standard InChI is InChI=1S/C25H24Cl2N4O3S/c1-16-17(2)31(11-10-30(16)20-5-3-4-19(26)13-20)25(33)18-6-7-24(21(27)12-18)35(34)15-23(32)22-14-28-8-9-29-22/h3-9,12-14,16-17H,10-11,15H2,1-2H3/t16?,17-,35?/m0/s1.